The van der Waals surface area contributed by atoms with Gasteiger partial charge in [-0.1, -0.05) is 47.6 Å². The Kier molecular flexibility index (Phi) is 8.41. The third-order valence-corrected chi connectivity index (χ3v) is 14.6. The van der Waals surface area contributed by atoms with Crippen molar-refractivity contribution in [1.29, 1.82) is 0 Å². The Balaban J connectivity index is 1.20. The van der Waals surface area contributed by atoms with Crippen LogP contribution in [-0.4, -0.2) is 18.7 Å². The van der Waals surface area contributed by atoms with Crippen molar-refractivity contribution in [3.63, 3.8) is 0 Å². The van der Waals surface area contributed by atoms with Crippen LogP contribution < -0.4 is 4.74 Å². The van der Waals surface area contributed by atoms with Gasteiger partial charge in [-0.15, -0.1) is 0 Å². The third-order valence-electron chi connectivity index (χ3n) is 13.5. The van der Waals surface area contributed by atoms with E-state index >= 15 is 0 Å². The van der Waals surface area contributed by atoms with Gasteiger partial charge >= 0.3 is 255 Å². The van der Waals surface area contributed by atoms with Gasteiger partial charge in [0.1, 0.15) is 0 Å². The number of ether oxygens (including phenoxy) is 1. The van der Waals surface area contributed by atoms with Crippen molar-refractivity contribution in [3.8, 4) is 28.7 Å². The second kappa shape index (κ2) is 12.8. The summed E-state index contributed by atoms with van der Waals surface area (Å²) in [5.74, 6) is 2.12. The van der Waals surface area contributed by atoms with Crippen LogP contribution in [0.4, 0.5) is 0 Å². The van der Waals surface area contributed by atoms with E-state index < -0.39 is 0 Å². The van der Waals surface area contributed by atoms with Gasteiger partial charge in [0.25, 0.3) is 0 Å². The first-order valence-corrected chi connectivity index (χ1v) is 21.0. The van der Waals surface area contributed by atoms with Crippen molar-refractivity contribution in [2.45, 2.75) is 92.4 Å². The van der Waals surface area contributed by atoms with Crippen molar-refractivity contribution in [2.24, 2.45) is 5.41 Å². The average molecular weight is 930 g/mol. The van der Waals surface area contributed by atoms with Crippen molar-refractivity contribution < 1.29 is 24.1 Å². The molecule has 292 valence electrons. The molecule has 0 saturated carbocycles. The Bertz CT molecular complexity index is 2980. The number of aromatic nitrogens is 4. The average Bonchev–Trinajstić information content (AvgIpc) is 3.67. The van der Waals surface area contributed by atoms with Crippen LogP contribution in [0, 0.1) is 35.2 Å². The minimum absolute atomic E-state index is 0.00897. The summed E-state index contributed by atoms with van der Waals surface area (Å²) < 4.78 is 14.6. The van der Waals surface area contributed by atoms with Crippen LogP contribution in [0.1, 0.15) is 90.1 Å². The van der Waals surface area contributed by atoms with Crippen molar-refractivity contribution in [2.75, 3.05) is 0 Å². The second-order valence-electron chi connectivity index (χ2n) is 18.6. The summed E-state index contributed by atoms with van der Waals surface area (Å²) in [6, 6.07) is 42.2. The van der Waals surface area contributed by atoms with E-state index in [-0.39, 0.29) is 21.7 Å². The monoisotopic (exact) mass is 929 g/mol. The Hall–Kier alpha value is -4.99. The molecule has 0 aliphatic heterocycles. The molecular formula is C51H50N4OPt-2. The SMILES string of the molecule is Cc1ccc(-n2[c](=[Pt])n(-c3[c-]c(Oc4[c-]c5c(cc4)c4c6c(ccc4n5-c4cc(C)ccn4)C(C)(C)C(C)(C)C6(C)C)ccc3)c3ccc(C(C)(C)C)cc32)cc1. The maximum atomic E-state index is 6.71. The van der Waals surface area contributed by atoms with E-state index in [9.17, 15) is 0 Å². The van der Waals surface area contributed by atoms with Gasteiger partial charge in [0, 0.05) is 6.20 Å². The molecule has 1 aliphatic carbocycles. The summed E-state index contributed by atoms with van der Waals surface area (Å²) in [7, 11) is 0. The maximum absolute atomic E-state index is 6.71. The van der Waals surface area contributed by atoms with Crippen LogP contribution in [0.25, 0.3) is 50.0 Å². The molecule has 5 aromatic carbocycles. The fourth-order valence-corrected chi connectivity index (χ4v) is 10.2. The van der Waals surface area contributed by atoms with Crippen LogP contribution in [0.5, 0.6) is 11.5 Å². The van der Waals surface area contributed by atoms with E-state index in [0.29, 0.717) is 11.5 Å². The summed E-state index contributed by atoms with van der Waals surface area (Å²) in [5.41, 5.74) is 12.8. The first-order chi connectivity index (χ1) is 26.9. The second-order valence-corrected chi connectivity index (χ2v) is 19.6. The number of imidazole rings is 1. The molecule has 0 fully saturated rings. The number of pyridine rings is 1. The van der Waals surface area contributed by atoms with Crippen LogP contribution >= 0.6 is 0 Å². The van der Waals surface area contributed by atoms with Crippen molar-refractivity contribution in [1.82, 2.24) is 18.7 Å². The van der Waals surface area contributed by atoms with E-state index in [4.69, 9.17) is 9.72 Å². The molecule has 6 heteroatoms. The molecule has 0 atom stereocenters. The molecule has 0 spiro atoms. The molecule has 0 radical (unpaired) electrons. The molecule has 0 bridgehead atoms. The first kappa shape index (κ1) is 37.6. The minimum atomic E-state index is -0.0822. The quantitative estimate of drug-likeness (QED) is 0.161. The summed E-state index contributed by atoms with van der Waals surface area (Å²) >= 11 is 2.45. The van der Waals surface area contributed by atoms with Gasteiger partial charge in [-0.05, 0) is 40.4 Å². The summed E-state index contributed by atoms with van der Waals surface area (Å²) in [6.45, 7) is 25.5. The molecule has 9 rings (SSSR count). The third kappa shape index (κ3) is 5.59. The number of fused-ring (bicyclic) bond motifs is 6. The zero-order valence-corrected chi connectivity index (χ0v) is 37.1. The van der Waals surface area contributed by atoms with Gasteiger partial charge in [0.15, 0.2) is 0 Å². The first-order valence-electron chi connectivity index (χ1n) is 19.9. The fraction of sp³-hybridized carbons (Fsp3) is 0.294. The van der Waals surface area contributed by atoms with E-state index in [1.54, 1.807) is 0 Å². The predicted octanol–water partition coefficient (Wildman–Crippen LogP) is 12.9. The molecule has 3 heterocycles. The number of benzene rings is 5. The van der Waals surface area contributed by atoms with Crippen LogP contribution in [-0.2, 0) is 35.6 Å². The molecule has 0 unspecified atom stereocenters. The van der Waals surface area contributed by atoms with Gasteiger partial charge in [0.05, 0.1) is 0 Å². The summed E-state index contributed by atoms with van der Waals surface area (Å²) in [4.78, 5) is 4.90. The van der Waals surface area contributed by atoms with Crippen LogP contribution in [0.2, 0.25) is 0 Å². The molecule has 57 heavy (non-hydrogen) atoms. The topological polar surface area (TPSA) is 36.9 Å². The standard InChI is InChI=1S/C51H50N4O.Pt/c1-32-15-18-35(19-16-32)53-31-54(41-23-17-34(28-44(41)53)48(3,4)5)36-13-12-14-37(29-36)56-38-20-21-39-43(30-38)55(45-27-33(2)25-26-52-45)42-24-22-40-47(46(39)42)50(8,9)51(10,11)49(40,6)7;/h12-28H,1-11H3;/q-2;. The number of hydrogen-bond donors (Lipinski definition) is 0. The normalized spacial score (nSPS) is 15.8. The van der Waals surface area contributed by atoms with Gasteiger partial charge in [0.2, 0.25) is 0 Å². The van der Waals surface area contributed by atoms with Crippen molar-refractivity contribution >= 4 is 32.8 Å². The molecule has 0 saturated heterocycles. The predicted molar refractivity (Wildman–Crippen MR) is 230 cm³/mol. The number of hydrogen-bond acceptors (Lipinski definition) is 2. The Morgan fingerprint density at radius 3 is 2.11 bits per heavy atom. The molecule has 0 amide bonds. The van der Waals surface area contributed by atoms with Gasteiger partial charge < -0.3 is 0 Å². The summed E-state index contributed by atoms with van der Waals surface area (Å²) in [5, 5.41) is 2.43. The molecule has 1 aliphatic rings. The fourth-order valence-electron chi connectivity index (χ4n) is 9.09. The van der Waals surface area contributed by atoms with Crippen molar-refractivity contribution in [3.05, 3.63) is 147 Å². The molecule has 0 N–H and O–H groups in total. The Morgan fingerprint density at radius 2 is 1.39 bits per heavy atom. The summed E-state index contributed by atoms with van der Waals surface area (Å²) in [6.07, 6.45) is 1.89. The van der Waals surface area contributed by atoms with E-state index in [1.165, 1.54) is 27.6 Å². The van der Waals surface area contributed by atoms with E-state index in [0.717, 1.165) is 54.0 Å². The van der Waals surface area contributed by atoms with Gasteiger partial charge in [-0.3, -0.25) is 0 Å². The Morgan fingerprint density at radius 1 is 0.667 bits per heavy atom. The molecular weight excluding hydrogens is 880 g/mol. The molecule has 8 aromatic rings. The molecule has 5 nitrogen and oxygen atoms in total. The number of nitrogens with zero attached hydrogens (tertiary/aromatic N) is 4. The van der Waals surface area contributed by atoms with Gasteiger partial charge in [-0.25, -0.2) is 0 Å². The van der Waals surface area contributed by atoms with Crippen LogP contribution in [0.15, 0.2) is 103 Å². The van der Waals surface area contributed by atoms with Gasteiger partial charge in [-0.2, -0.15) is 0 Å². The van der Waals surface area contributed by atoms with Crippen LogP contribution in [0.3, 0.4) is 0 Å². The van der Waals surface area contributed by atoms with E-state index in [1.807, 2.05) is 24.4 Å². The zero-order valence-electron chi connectivity index (χ0n) is 34.8. The number of rotatable bonds is 5. The zero-order chi connectivity index (χ0) is 40.4. The Labute approximate surface area is 347 Å². The molecule has 3 aromatic heterocycles. The van der Waals surface area contributed by atoms with E-state index in [2.05, 4.69) is 200 Å². The number of aryl methyl sites for hydroxylation is 2.